The number of hydrogen-bond acceptors (Lipinski definition) is 3. The molecule has 19 heavy (non-hydrogen) atoms. The molecule has 1 saturated carbocycles. The topological polar surface area (TPSA) is 66.5 Å². The number of imide groups is 2. The minimum atomic E-state index is -1.01. The quantitative estimate of drug-likeness (QED) is 0.805. The Bertz CT molecular complexity index is 622. The Morgan fingerprint density at radius 1 is 1.26 bits per heavy atom. The van der Waals surface area contributed by atoms with Crippen molar-refractivity contribution in [2.45, 2.75) is 19.8 Å². The van der Waals surface area contributed by atoms with E-state index in [-0.39, 0.29) is 0 Å². The summed E-state index contributed by atoms with van der Waals surface area (Å²) in [6, 6.07) is 4.53. The molecule has 0 radical (unpaired) electrons. The van der Waals surface area contributed by atoms with Crippen molar-refractivity contribution in [2.24, 2.45) is 5.41 Å². The van der Waals surface area contributed by atoms with Crippen LogP contribution in [0.15, 0.2) is 22.7 Å². The minimum Gasteiger partial charge on any atom is -0.276 e. The normalized spacial score (nSPS) is 20.7. The Labute approximate surface area is 118 Å². The summed E-state index contributed by atoms with van der Waals surface area (Å²) in [5, 5.41) is 2.26. The molecule has 2 fully saturated rings. The Morgan fingerprint density at radius 2 is 1.95 bits per heavy atom. The summed E-state index contributed by atoms with van der Waals surface area (Å²) in [6.45, 7) is 1.87. The summed E-state index contributed by atoms with van der Waals surface area (Å²) in [6.07, 6.45) is 1.02. The van der Waals surface area contributed by atoms with E-state index in [2.05, 4.69) is 21.2 Å². The second kappa shape index (κ2) is 3.90. The molecule has 1 aliphatic carbocycles. The molecule has 1 aromatic rings. The molecule has 1 heterocycles. The number of anilines is 1. The van der Waals surface area contributed by atoms with Crippen molar-refractivity contribution in [1.29, 1.82) is 0 Å². The SMILES string of the molecule is Cc1cc(N2C(=O)NC(=O)C3(CC3)C2=O)ccc1Br. The summed E-state index contributed by atoms with van der Waals surface area (Å²) in [5.74, 6) is -0.879. The fourth-order valence-electron chi connectivity index (χ4n) is 2.24. The van der Waals surface area contributed by atoms with Gasteiger partial charge >= 0.3 is 6.03 Å². The summed E-state index contributed by atoms with van der Waals surface area (Å²) in [7, 11) is 0. The van der Waals surface area contributed by atoms with Gasteiger partial charge in [0, 0.05) is 4.47 Å². The second-order valence-electron chi connectivity index (χ2n) is 4.92. The van der Waals surface area contributed by atoms with Crippen LogP contribution in [-0.2, 0) is 9.59 Å². The summed E-state index contributed by atoms with van der Waals surface area (Å²) in [4.78, 5) is 37.0. The lowest BCUT2D eigenvalue weighted by Crippen LogP contribution is -2.59. The van der Waals surface area contributed by atoms with E-state index in [0.717, 1.165) is 14.9 Å². The molecule has 98 valence electrons. The molecule has 5 nitrogen and oxygen atoms in total. The lowest BCUT2D eigenvalue weighted by Gasteiger charge is -2.30. The molecule has 0 aromatic heterocycles. The van der Waals surface area contributed by atoms with E-state index in [1.54, 1.807) is 18.2 Å². The zero-order chi connectivity index (χ0) is 13.8. The van der Waals surface area contributed by atoms with Gasteiger partial charge in [-0.25, -0.2) is 9.69 Å². The highest BCUT2D eigenvalue weighted by Crippen LogP contribution is 2.49. The van der Waals surface area contributed by atoms with Crippen LogP contribution in [-0.4, -0.2) is 17.8 Å². The number of nitrogens with zero attached hydrogens (tertiary/aromatic N) is 1. The minimum absolute atomic E-state index is 0.414. The van der Waals surface area contributed by atoms with Gasteiger partial charge in [0.05, 0.1) is 5.69 Å². The standard InChI is InChI=1S/C13H11BrN2O3/c1-7-6-8(2-3-9(7)14)16-11(18)13(4-5-13)10(17)15-12(16)19/h2-3,6H,4-5H2,1H3,(H,15,17,19). The highest BCUT2D eigenvalue weighted by Gasteiger charge is 2.62. The molecule has 3 rings (SSSR count). The Kier molecular flexibility index (Phi) is 2.53. The van der Waals surface area contributed by atoms with Gasteiger partial charge in [0.25, 0.3) is 5.91 Å². The van der Waals surface area contributed by atoms with Gasteiger partial charge in [-0.1, -0.05) is 15.9 Å². The number of barbiturate groups is 1. The maximum Gasteiger partial charge on any atom is 0.335 e. The third-order valence-corrected chi connectivity index (χ3v) is 4.51. The fraction of sp³-hybridized carbons (Fsp3) is 0.308. The maximum absolute atomic E-state index is 12.4. The number of carbonyl (C=O) groups is 3. The van der Waals surface area contributed by atoms with E-state index < -0.39 is 23.3 Å². The van der Waals surface area contributed by atoms with E-state index in [1.165, 1.54) is 0 Å². The van der Waals surface area contributed by atoms with Crippen LogP contribution in [0.4, 0.5) is 10.5 Å². The molecule has 1 aromatic carbocycles. The number of hydrogen-bond donors (Lipinski definition) is 1. The number of amides is 4. The van der Waals surface area contributed by atoms with Gasteiger partial charge in [-0.15, -0.1) is 0 Å². The van der Waals surface area contributed by atoms with Crippen molar-refractivity contribution < 1.29 is 14.4 Å². The molecule has 2 aliphatic rings. The number of urea groups is 1. The molecule has 6 heteroatoms. The lowest BCUT2D eigenvalue weighted by molar-refractivity contribution is -0.136. The van der Waals surface area contributed by atoms with Gasteiger partial charge in [0.15, 0.2) is 0 Å². The summed E-state index contributed by atoms with van der Waals surface area (Å²) < 4.78 is 0.901. The predicted molar refractivity (Wildman–Crippen MR) is 71.6 cm³/mol. The first-order valence-corrected chi connectivity index (χ1v) is 6.71. The van der Waals surface area contributed by atoms with Gasteiger partial charge in [-0.2, -0.15) is 0 Å². The molecule has 1 saturated heterocycles. The van der Waals surface area contributed by atoms with Crippen molar-refractivity contribution in [1.82, 2.24) is 5.32 Å². The summed E-state index contributed by atoms with van der Waals surface area (Å²) in [5.41, 5.74) is 0.399. The van der Waals surface area contributed by atoms with Crippen molar-refractivity contribution in [2.75, 3.05) is 4.90 Å². The first-order chi connectivity index (χ1) is 8.95. The van der Waals surface area contributed by atoms with E-state index in [1.807, 2.05) is 6.92 Å². The number of benzene rings is 1. The van der Waals surface area contributed by atoms with Crippen LogP contribution < -0.4 is 10.2 Å². The highest BCUT2D eigenvalue weighted by molar-refractivity contribution is 9.10. The third kappa shape index (κ3) is 1.70. The molecular weight excluding hydrogens is 312 g/mol. The number of halogens is 1. The molecule has 1 aliphatic heterocycles. The molecule has 1 spiro atoms. The van der Waals surface area contributed by atoms with Crippen LogP contribution in [0.5, 0.6) is 0 Å². The second-order valence-corrected chi connectivity index (χ2v) is 5.77. The van der Waals surface area contributed by atoms with Crippen molar-refractivity contribution in [3.05, 3.63) is 28.2 Å². The van der Waals surface area contributed by atoms with Crippen LogP contribution in [0.25, 0.3) is 0 Å². The Hall–Kier alpha value is -1.69. The van der Waals surface area contributed by atoms with Crippen molar-refractivity contribution >= 4 is 39.5 Å². The average molecular weight is 323 g/mol. The van der Waals surface area contributed by atoms with Crippen LogP contribution in [0.1, 0.15) is 18.4 Å². The van der Waals surface area contributed by atoms with Gasteiger partial charge in [0.1, 0.15) is 5.41 Å². The van der Waals surface area contributed by atoms with Crippen LogP contribution in [0, 0.1) is 12.3 Å². The van der Waals surface area contributed by atoms with Gasteiger partial charge in [-0.3, -0.25) is 14.9 Å². The van der Waals surface area contributed by atoms with E-state index >= 15 is 0 Å². The molecule has 0 atom stereocenters. The van der Waals surface area contributed by atoms with Gasteiger partial charge in [-0.05, 0) is 43.5 Å². The first-order valence-electron chi connectivity index (χ1n) is 5.92. The van der Waals surface area contributed by atoms with E-state index in [0.29, 0.717) is 18.5 Å². The molecule has 1 N–H and O–H groups in total. The molecule has 0 bridgehead atoms. The van der Waals surface area contributed by atoms with E-state index in [9.17, 15) is 14.4 Å². The van der Waals surface area contributed by atoms with Crippen LogP contribution in [0.2, 0.25) is 0 Å². The summed E-state index contributed by atoms with van der Waals surface area (Å²) >= 11 is 3.37. The number of rotatable bonds is 1. The fourth-order valence-corrected chi connectivity index (χ4v) is 2.49. The monoisotopic (exact) mass is 322 g/mol. The maximum atomic E-state index is 12.4. The highest BCUT2D eigenvalue weighted by atomic mass is 79.9. The van der Waals surface area contributed by atoms with Crippen LogP contribution in [0.3, 0.4) is 0 Å². The predicted octanol–water partition coefficient (Wildman–Crippen LogP) is 2.12. The lowest BCUT2D eigenvalue weighted by atomic mass is 10.0. The third-order valence-electron chi connectivity index (χ3n) is 3.62. The van der Waals surface area contributed by atoms with Crippen molar-refractivity contribution in [3.8, 4) is 0 Å². The number of aryl methyl sites for hydroxylation is 1. The van der Waals surface area contributed by atoms with Gasteiger partial charge in [0.2, 0.25) is 5.91 Å². The first kappa shape index (κ1) is 12.3. The van der Waals surface area contributed by atoms with Gasteiger partial charge < -0.3 is 0 Å². The van der Waals surface area contributed by atoms with Crippen molar-refractivity contribution in [3.63, 3.8) is 0 Å². The van der Waals surface area contributed by atoms with E-state index in [4.69, 9.17) is 0 Å². The van der Waals surface area contributed by atoms with Crippen LogP contribution >= 0.6 is 15.9 Å². The number of carbonyl (C=O) groups excluding carboxylic acids is 3. The Morgan fingerprint density at radius 3 is 2.53 bits per heavy atom. The zero-order valence-electron chi connectivity index (χ0n) is 10.2. The Balaban J connectivity index is 2.03. The molecular formula is C13H11BrN2O3. The number of nitrogens with one attached hydrogen (secondary N) is 1. The smallest absolute Gasteiger partial charge is 0.276 e. The zero-order valence-corrected chi connectivity index (χ0v) is 11.8. The average Bonchev–Trinajstić information content (AvgIpc) is 3.13. The largest absolute Gasteiger partial charge is 0.335 e. The molecule has 0 unspecified atom stereocenters. The molecule has 4 amide bonds.